The van der Waals surface area contributed by atoms with Crippen LogP contribution in [0.5, 0.6) is 0 Å². The molecule has 2 heterocycles. The van der Waals surface area contributed by atoms with Crippen LogP contribution in [-0.4, -0.2) is 181 Å². The van der Waals surface area contributed by atoms with Crippen LogP contribution < -0.4 is 10.2 Å². The van der Waals surface area contributed by atoms with Gasteiger partial charge in [-0.25, -0.2) is 29.0 Å². The Morgan fingerprint density at radius 2 is 0.852 bits per heavy atom. The lowest BCUT2D eigenvalue weighted by Crippen LogP contribution is -2.37. The maximum atomic E-state index is 12.5. The summed E-state index contributed by atoms with van der Waals surface area (Å²) < 4.78 is 26.5. The maximum absolute atomic E-state index is 12.5. The SMILES string of the molecule is C#CCN(C/C=C/c1ccccc1Cl)C(=O)OC(C)(C)C.C#CCNC(=O)OC(C)(C)C.CC(=O)C#CCN(C/C=C/c1ccccc1Cl)C(=O)OC(C)(C)C.CC(=O)c1c2c(cc3c(Cl)cccc13)CN(C(=O)OC(C)(C)C)C2.CC(=O)c1c2c(cc3c(N(C)C)cccc13)CN(C(=O)OC(C)(C)C)C2.CCC.CON(C)C(C)=O.Clc1ccccc1/C=C/CBr.[BH]. The number of carbonyl (C=O) groups is 9. The molecule has 7 aromatic carbocycles. The first-order chi connectivity index (χ1) is 59.2. The minimum Gasteiger partial charge on any atom is -0.444 e. The number of benzene rings is 7. The predicted molar refractivity (Wildman–Crippen MR) is 528 cm³/mol. The van der Waals surface area contributed by atoms with E-state index in [0.29, 0.717) is 65.5 Å². The van der Waals surface area contributed by atoms with Gasteiger partial charge in [0, 0.05) is 123 Å². The number of hydrogen-bond donors (Lipinski definition) is 1. The zero-order valence-electron chi connectivity index (χ0n) is 78.8. The molecule has 128 heavy (non-hydrogen) atoms. The fourth-order valence-corrected chi connectivity index (χ4v) is 12.3. The topological polar surface area (TPSA) is 240 Å². The number of allylic oxidation sites excluding steroid dienone is 1. The number of hydrogen-bond acceptors (Lipinski definition) is 16. The molecule has 0 fully saturated rings. The van der Waals surface area contributed by atoms with E-state index in [4.69, 9.17) is 82.9 Å². The van der Waals surface area contributed by atoms with Crippen LogP contribution in [0.25, 0.3) is 39.8 Å². The molecule has 2 aliphatic rings. The predicted octanol–water partition coefficient (Wildman–Crippen LogP) is 23.4. The molecule has 0 spiro atoms. The summed E-state index contributed by atoms with van der Waals surface area (Å²) in [6.07, 6.45) is 20.7. The third kappa shape index (κ3) is 43.4. The van der Waals surface area contributed by atoms with Crippen molar-refractivity contribution in [2.75, 3.05) is 71.2 Å². The van der Waals surface area contributed by atoms with Gasteiger partial charge in [0.15, 0.2) is 11.6 Å². The number of terminal acetylenes is 2. The fraction of sp³-hybridized carbons (Fsp3) is 0.410. The van der Waals surface area contributed by atoms with E-state index < -0.39 is 46.3 Å². The number of ketones is 3. The molecular formula is C100H127BBrCl4N7O15. The molecule has 6 amide bonds. The van der Waals surface area contributed by atoms with Gasteiger partial charge < -0.3 is 33.9 Å². The number of halogens is 5. The second-order valence-corrected chi connectivity index (χ2v) is 36.1. The molecule has 0 aliphatic carbocycles. The molecular weight excluding hydrogens is 1770 g/mol. The molecule has 22 nitrogen and oxygen atoms in total. The van der Waals surface area contributed by atoms with Crippen LogP contribution >= 0.6 is 62.3 Å². The summed E-state index contributed by atoms with van der Waals surface area (Å²) in [5, 5.41) is 10.7. The Balaban J connectivity index is 0.000000766. The van der Waals surface area contributed by atoms with Gasteiger partial charge in [0.1, 0.15) is 28.0 Å². The fourth-order valence-electron chi connectivity index (χ4n) is 11.3. The smallest absolute Gasteiger partial charge is 0.411 e. The van der Waals surface area contributed by atoms with Gasteiger partial charge in [-0.1, -0.05) is 216 Å². The number of nitrogens with zero attached hydrogens (tertiary/aromatic N) is 6. The molecule has 0 saturated heterocycles. The van der Waals surface area contributed by atoms with Gasteiger partial charge in [-0.2, -0.15) is 0 Å². The molecule has 2 aliphatic heterocycles. The van der Waals surface area contributed by atoms with Gasteiger partial charge in [-0.3, -0.25) is 43.6 Å². The van der Waals surface area contributed by atoms with E-state index in [1.807, 2.05) is 215 Å². The Labute approximate surface area is 789 Å². The van der Waals surface area contributed by atoms with Crippen molar-refractivity contribution in [2.45, 2.75) is 206 Å². The third-order valence-electron chi connectivity index (χ3n) is 16.5. The number of carbonyl (C=O) groups excluding carboxylic acids is 9. The molecule has 0 atom stereocenters. The first-order valence-electron chi connectivity index (χ1n) is 41.0. The summed E-state index contributed by atoms with van der Waals surface area (Å²) in [6.45, 7) is 40.3. The number of alkyl halides is 1. The standard InChI is InChI=1S/C21H26N2O3.C19H20ClNO3.C19H22ClNO3.C17H20ClNO2.C9H8BrCl.C8H13NO2.C4H9NO2.C3H8.BH/c1-13(24)19-15-8-7-9-18(22(5)6)16(15)10-14-11-23(12-17(14)19)20(25)26-21(2,3)4;1-11(22)17-13-6-5-7-16(20)14(13)8-12-9-21(10-15(12)17)18(23)24-19(2,3)4;1-15(22)9-7-13-21(18(23)24-19(2,3)4)14-8-11-16-10-5-6-12-17(16)20;1-5-12-19(16(20)21-17(2,3)4)13-8-10-14-9-6-7-11-15(14)18;10-7-3-5-8-4-1-2-6-9(8)11;1-5-6-9-7(10)11-8(2,3)4;1-4(6)5(2)7-3;1-3-2;/h7-10H,11-12H2,1-6H3;5-8H,9-10H2,1-4H3;5-6,8,10-12H,13-14H2,1-4H3;1,6-11H,12-13H2,2-4H3;1-6H,7H2;1H,6H2,2-4H3,(H,9,10);1-3H3;3H2,1-2H3;1H/b;;11-8+;10-8+;5-3+;;;;. The molecule has 2 radical (unpaired) electrons. The Hall–Kier alpha value is -10.7. The highest BCUT2D eigenvalue weighted by Gasteiger charge is 2.34. The number of rotatable bonds is 15. The molecule has 1 N–H and O–H groups in total. The van der Waals surface area contributed by atoms with Gasteiger partial charge >= 0.3 is 30.5 Å². The Bertz CT molecular complexity index is 5150. The minimum atomic E-state index is -0.601. The molecule has 0 bridgehead atoms. The molecule has 9 rings (SSSR count). The van der Waals surface area contributed by atoms with E-state index in [-0.39, 0.29) is 63.5 Å². The van der Waals surface area contributed by atoms with Gasteiger partial charge in [0.25, 0.3) is 0 Å². The number of alkyl carbamates (subject to hydrolysis) is 1. The van der Waals surface area contributed by atoms with E-state index in [1.54, 1.807) is 90.4 Å². The van der Waals surface area contributed by atoms with Crippen molar-refractivity contribution < 1.29 is 71.7 Å². The number of ether oxygens (including phenoxy) is 5. The van der Waals surface area contributed by atoms with Gasteiger partial charge in [-0.15, -0.1) is 12.8 Å². The van der Waals surface area contributed by atoms with Crippen LogP contribution in [0.15, 0.2) is 140 Å². The van der Waals surface area contributed by atoms with Crippen molar-refractivity contribution in [3.05, 3.63) is 210 Å². The average Bonchev–Trinajstić information content (AvgIpc) is 1.55. The van der Waals surface area contributed by atoms with Gasteiger partial charge in [-0.05, 0) is 216 Å². The van der Waals surface area contributed by atoms with Gasteiger partial charge in [0.05, 0.1) is 39.8 Å². The number of anilines is 1. The largest absolute Gasteiger partial charge is 0.444 e. The van der Waals surface area contributed by atoms with Crippen LogP contribution in [0.2, 0.25) is 20.1 Å². The van der Waals surface area contributed by atoms with Crippen LogP contribution in [0.1, 0.15) is 211 Å². The summed E-state index contributed by atoms with van der Waals surface area (Å²) in [5.74, 6) is 9.50. The Morgan fingerprint density at radius 1 is 0.484 bits per heavy atom. The number of hydroxylamine groups is 2. The average molecular weight is 1900 g/mol. The van der Waals surface area contributed by atoms with Crippen molar-refractivity contribution in [2.24, 2.45) is 0 Å². The zero-order valence-corrected chi connectivity index (χ0v) is 83.5. The van der Waals surface area contributed by atoms with Crippen molar-refractivity contribution in [3.63, 3.8) is 0 Å². The number of fused-ring (bicyclic) bond motifs is 4. The lowest BCUT2D eigenvalue weighted by Gasteiger charge is -2.25. The highest BCUT2D eigenvalue weighted by atomic mass is 79.9. The first-order valence-corrected chi connectivity index (χ1v) is 43.6. The van der Waals surface area contributed by atoms with Crippen LogP contribution in [0, 0.1) is 36.5 Å². The van der Waals surface area contributed by atoms with E-state index in [1.165, 1.54) is 37.2 Å². The lowest BCUT2D eigenvalue weighted by atomic mass is 9.92. The second-order valence-electron chi connectivity index (χ2n) is 33.8. The highest BCUT2D eigenvalue weighted by Crippen LogP contribution is 2.39. The maximum Gasteiger partial charge on any atom is 0.411 e. The van der Waals surface area contributed by atoms with Crippen molar-refractivity contribution in [3.8, 4) is 36.5 Å². The number of Topliss-reactive ketones (excluding diaryl/α,β-unsaturated/α-hetero) is 3. The molecule has 690 valence electrons. The Kier molecular flexibility index (Phi) is 50.3. The van der Waals surface area contributed by atoms with E-state index in [2.05, 4.69) is 69.7 Å². The Morgan fingerprint density at radius 3 is 1.19 bits per heavy atom. The summed E-state index contributed by atoms with van der Waals surface area (Å²) in [7, 11) is 6.98. The van der Waals surface area contributed by atoms with Gasteiger partial charge in [0.2, 0.25) is 11.7 Å². The van der Waals surface area contributed by atoms with Crippen molar-refractivity contribution in [1.29, 1.82) is 0 Å². The normalized spacial score (nSPS) is 11.7. The van der Waals surface area contributed by atoms with Crippen LogP contribution in [0.4, 0.5) is 29.7 Å². The van der Waals surface area contributed by atoms with E-state index >= 15 is 0 Å². The molecule has 0 unspecified atom stereocenters. The number of nitrogens with one attached hydrogen (secondary N) is 1. The molecule has 7 aromatic rings. The summed E-state index contributed by atoms with van der Waals surface area (Å²) in [6, 6.07) is 38.3. The van der Waals surface area contributed by atoms with Crippen LogP contribution in [-0.2, 0) is 64.3 Å². The highest BCUT2D eigenvalue weighted by molar-refractivity contribution is 9.09. The minimum absolute atomic E-state index is 0. The zero-order chi connectivity index (χ0) is 96.5. The van der Waals surface area contributed by atoms with Crippen LogP contribution in [0.3, 0.4) is 0 Å². The summed E-state index contributed by atoms with van der Waals surface area (Å²) in [4.78, 5) is 118. The van der Waals surface area contributed by atoms with Crippen molar-refractivity contribution >= 4 is 170 Å². The first kappa shape index (κ1) is 115. The molecule has 28 heteroatoms. The third-order valence-corrected chi connectivity index (χ3v) is 18.3. The molecule has 0 saturated carbocycles. The number of amides is 6. The summed E-state index contributed by atoms with van der Waals surface area (Å²) in [5.41, 5.74) is 6.33. The lowest BCUT2D eigenvalue weighted by molar-refractivity contribution is -0.165. The van der Waals surface area contributed by atoms with E-state index in [9.17, 15) is 43.2 Å². The summed E-state index contributed by atoms with van der Waals surface area (Å²) >= 11 is 27.7. The second kappa shape index (κ2) is 55.9. The quantitative estimate of drug-likeness (QED) is 0.0191. The molecule has 0 aromatic heterocycles. The van der Waals surface area contributed by atoms with E-state index in [0.717, 1.165) is 81.6 Å². The van der Waals surface area contributed by atoms with Crippen molar-refractivity contribution in [1.82, 2.24) is 30.0 Å². The monoisotopic (exact) mass is 1900 g/mol.